The number of methoxy groups -OCH3 is 1. The lowest BCUT2D eigenvalue weighted by Crippen LogP contribution is -2.30. The zero-order chi connectivity index (χ0) is 19.3. The van der Waals surface area contributed by atoms with Crippen molar-refractivity contribution in [1.29, 1.82) is 0 Å². The Morgan fingerprint density at radius 1 is 1.23 bits per heavy atom. The van der Waals surface area contributed by atoms with Crippen LogP contribution in [-0.4, -0.2) is 43.5 Å². The van der Waals surface area contributed by atoms with Crippen LogP contribution < -0.4 is 5.32 Å². The van der Waals surface area contributed by atoms with Gasteiger partial charge >= 0.3 is 0 Å². The Morgan fingerprint density at radius 3 is 2.38 bits per heavy atom. The van der Waals surface area contributed by atoms with E-state index >= 15 is 0 Å². The maximum atomic E-state index is 12.9. The minimum Gasteiger partial charge on any atom is -0.385 e. The van der Waals surface area contributed by atoms with Crippen LogP contribution in [0.1, 0.15) is 63.5 Å². The van der Waals surface area contributed by atoms with Crippen molar-refractivity contribution in [3.05, 3.63) is 29.3 Å². The molecule has 0 saturated carbocycles. The zero-order valence-electron chi connectivity index (χ0n) is 16.7. The second kappa shape index (κ2) is 9.17. The van der Waals surface area contributed by atoms with Gasteiger partial charge in [-0.2, -0.15) is 0 Å². The summed E-state index contributed by atoms with van der Waals surface area (Å²) in [6, 6.07) is 6.20. The lowest BCUT2D eigenvalue weighted by atomic mass is 9.92. The molecule has 0 spiro atoms. The highest BCUT2D eigenvalue weighted by Gasteiger charge is 2.34. The van der Waals surface area contributed by atoms with Crippen molar-refractivity contribution < 1.29 is 14.3 Å². The largest absolute Gasteiger partial charge is 0.385 e. The van der Waals surface area contributed by atoms with E-state index in [-0.39, 0.29) is 17.7 Å². The Labute approximate surface area is 157 Å². The molecule has 144 valence electrons. The molecule has 26 heavy (non-hydrogen) atoms. The second-order valence-corrected chi connectivity index (χ2v) is 7.70. The first-order chi connectivity index (χ1) is 12.3. The van der Waals surface area contributed by atoms with Crippen LogP contribution in [0.15, 0.2) is 18.2 Å². The second-order valence-electron chi connectivity index (χ2n) is 7.70. The summed E-state index contributed by atoms with van der Waals surface area (Å²) < 4.78 is 5.04. The molecule has 1 atom stereocenters. The number of nitrogens with one attached hydrogen (secondary N) is 1. The third kappa shape index (κ3) is 4.85. The van der Waals surface area contributed by atoms with Gasteiger partial charge in [0.1, 0.15) is 0 Å². The Balaban J connectivity index is 2.12. The fourth-order valence-electron chi connectivity index (χ4n) is 3.48. The maximum Gasteiger partial charge on any atom is 0.229 e. The molecule has 0 bridgehead atoms. The Bertz CT molecular complexity index is 614. The highest BCUT2D eigenvalue weighted by molar-refractivity contribution is 5.98. The van der Waals surface area contributed by atoms with Crippen molar-refractivity contribution in [2.24, 2.45) is 5.92 Å². The predicted molar refractivity (Wildman–Crippen MR) is 104 cm³/mol. The molecule has 1 fully saturated rings. The number of anilines is 1. The first-order valence-electron chi connectivity index (χ1n) is 9.55. The molecule has 2 rings (SSSR count). The zero-order valence-corrected chi connectivity index (χ0v) is 16.7. The number of benzene rings is 1. The number of ether oxygens (including phenoxy) is 1. The molecule has 5 heteroatoms. The summed E-state index contributed by atoms with van der Waals surface area (Å²) in [4.78, 5) is 26.8. The van der Waals surface area contributed by atoms with Gasteiger partial charge in [-0.3, -0.25) is 9.59 Å². The Morgan fingerprint density at radius 2 is 1.85 bits per heavy atom. The number of carbonyl (C=O) groups excluding carboxylic acids is 2. The number of hydrogen-bond donors (Lipinski definition) is 1. The van der Waals surface area contributed by atoms with Gasteiger partial charge < -0.3 is 15.0 Å². The first kappa shape index (κ1) is 20.4. The average molecular weight is 360 g/mol. The molecule has 1 aromatic carbocycles. The summed E-state index contributed by atoms with van der Waals surface area (Å²) in [5.74, 6) is 0.356. The maximum absolute atomic E-state index is 12.9. The van der Waals surface area contributed by atoms with Crippen LogP contribution in [-0.2, 0) is 14.3 Å². The summed E-state index contributed by atoms with van der Waals surface area (Å²) in [5.41, 5.74) is 3.21. The molecule has 1 unspecified atom stereocenters. The summed E-state index contributed by atoms with van der Waals surface area (Å²) in [7, 11) is 1.65. The van der Waals surface area contributed by atoms with Crippen LogP contribution in [0.5, 0.6) is 0 Å². The van der Waals surface area contributed by atoms with E-state index in [1.54, 1.807) is 12.0 Å². The van der Waals surface area contributed by atoms with Gasteiger partial charge in [0.05, 0.1) is 5.92 Å². The van der Waals surface area contributed by atoms with Crippen molar-refractivity contribution >= 4 is 17.5 Å². The van der Waals surface area contributed by atoms with Gasteiger partial charge in [0, 0.05) is 38.9 Å². The van der Waals surface area contributed by atoms with Crippen LogP contribution >= 0.6 is 0 Å². The summed E-state index contributed by atoms with van der Waals surface area (Å²) in [6.45, 7) is 10.3. The van der Waals surface area contributed by atoms with Crippen LogP contribution in [0.3, 0.4) is 0 Å². The van der Waals surface area contributed by atoms with Gasteiger partial charge in [-0.05, 0) is 29.4 Å². The van der Waals surface area contributed by atoms with Crippen molar-refractivity contribution in [3.63, 3.8) is 0 Å². The van der Waals surface area contributed by atoms with E-state index in [9.17, 15) is 9.59 Å². The number of para-hydroxylation sites is 1. The fourth-order valence-corrected chi connectivity index (χ4v) is 3.48. The van der Waals surface area contributed by atoms with Crippen molar-refractivity contribution in [2.45, 2.75) is 52.4 Å². The number of carbonyl (C=O) groups is 2. The standard InChI is InChI=1S/C21H32N2O3/c1-14(2)17-8-6-9-18(15(3)4)20(17)22-21(25)16-12-19(24)23(13-16)10-7-11-26-5/h6,8-9,14-16H,7,10-13H2,1-5H3,(H,22,25). The Kier molecular flexibility index (Phi) is 7.21. The van der Waals surface area contributed by atoms with Crippen molar-refractivity contribution in [2.75, 3.05) is 32.1 Å². The predicted octanol–water partition coefficient (Wildman–Crippen LogP) is 3.76. The number of rotatable bonds is 8. The van der Waals surface area contributed by atoms with Gasteiger partial charge in [0.2, 0.25) is 11.8 Å². The molecule has 1 heterocycles. The van der Waals surface area contributed by atoms with Crippen molar-refractivity contribution in [3.8, 4) is 0 Å². The summed E-state index contributed by atoms with van der Waals surface area (Å²) in [6.07, 6.45) is 1.09. The fraction of sp³-hybridized carbons (Fsp3) is 0.619. The molecule has 2 amide bonds. The molecule has 1 saturated heterocycles. The third-order valence-electron chi connectivity index (χ3n) is 4.98. The Hall–Kier alpha value is -1.88. The summed E-state index contributed by atoms with van der Waals surface area (Å²) in [5, 5.41) is 3.15. The number of amides is 2. The van der Waals surface area contributed by atoms with Crippen LogP contribution in [0, 0.1) is 5.92 Å². The third-order valence-corrected chi connectivity index (χ3v) is 4.98. The SMILES string of the molecule is COCCCN1CC(C(=O)Nc2c(C(C)C)cccc2C(C)C)CC1=O. The van der Waals surface area contributed by atoms with Gasteiger partial charge in [0.15, 0.2) is 0 Å². The highest BCUT2D eigenvalue weighted by Crippen LogP contribution is 2.33. The number of likely N-dealkylation sites (tertiary alicyclic amines) is 1. The van der Waals surface area contributed by atoms with Gasteiger partial charge in [0.25, 0.3) is 0 Å². The van der Waals surface area contributed by atoms with Gasteiger partial charge in [-0.1, -0.05) is 45.9 Å². The molecular weight excluding hydrogens is 328 g/mol. The van der Waals surface area contributed by atoms with Crippen LogP contribution in [0.2, 0.25) is 0 Å². The number of nitrogens with zero attached hydrogens (tertiary/aromatic N) is 1. The molecule has 1 aliphatic heterocycles. The lowest BCUT2D eigenvalue weighted by Gasteiger charge is -2.21. The molecule has 1 aliphatic rings. The van der Waals surface area contributed by atoms with Gasteiger partial charge in [-0.15, -0.1) is 0 Å². The molecule has 1 aromatic rings. The van der Waals surface area contributed by atoms with E-state index < -0.39 is 0 Å². The topological polar surface area (TPSA) is 58.6 Å². The van der Waals surface area contributed by atoms with E-state index in [2.05, 4.69) is 51.2 Å². The van der Waals surface area contributed by atoms with Crippen LogP contribution in [0.4, 0.5) is 5.69 Å². The molecule has 0 aromatic heterocycles. The first-order valence-corrected chi connectivity index (χ1v) is 9.55. The van der Waals surface area contributed by atoms with E-state index in [4.69, 9.17) is 4.74 Å². The smallest absolute Gasteiger partial charge is 0.229 e. The quantitative estimate of drug-likeness (QED) is 0.718. The van der Waals surface area contributed by atoms with Crippen LogP contribution in [0.25, 0.3) is 0 Å². The normalized spacial score (nSPS) is 17.4. The summed E-state index contributed by atoms with van der Waals surface area (Å²) >= 11 is 0. The minimum absolute atomic E-state index is 0.0532. The molecular formula is C21H32N2O3. The minimum atomic E-state index is -0.287. The van der Waals surface area contributed by atoms with E-state index in [0.29, 0.717) is 38.0 Å². The molecule has 0 aliphatic carbocycles. The molecule has 5 nitrogen and oxygen atoms in total. The number of hydrogen-bond acceptors (Lipinski definition) is 3. The lowest BCUT2D eigenvalue weighted by molar-refractivity contribution is -0.128. The van der Waals surface area contributed by atoms with E-state index in [1.165, 1.54) is 0 Å². The highest BCUT2D eigenvalue weighted by atomic mass is 16.5. The molecule has 0 radical (unpaired) electrons. The van der Waals surface area contributed by atoms with E-state index in [1.807, 2.05) is 0 Å². The van der Waals surface area contributed by atoms with E-state index in [0.717, 1.165) is 23.2 Å². The average Bonchev–Trinajstić information content (AvgIpc) is 2.96. The molecule has 1 N–H and O–H groups in total. The monoisotopic (exact) mass is 360 g/mol. The van der Waals surface area contributed by atoms with Gasteiger partial charge in [-0.25, -0.2) is 0 Å². The van der Waals surface area contributed by atoms with Crippen molar-refractivity contribution in [1.82, 2.24) is 4.90 Å².